The van der Waals surface area contributed by atoms with E-state index in [0.717, 1.165) is 29.1 Å². The number of hydrogen-bond donors (Lipinski definition) is 1. The molecule has 2 aliphatic rings. The molecule has 46 heavy (non-hydrogen) atoms. The van der Waals surface area contributed by atoms with Crippen LogP contribution in [0.3, 0.4) is 0 Å². The van der Waals surface area contributed by atoms with Gasteiger partial charge in [0.05, 0.1) is 5.69 Å². The van der Waals surface area contributed by atoms with Gasteiger partial charge in [0.15, 0.2) is 0 Å². The summed E-state index contributed by atoms with van der Waals surface area (Å²) in [6, 6.07) is 36.0. The second kappa shape index (κ2) is 14.2. The first-order chi connectivity index (χ1) is 21.9. The summed E-state index contributed by atoms with van der Waals surface area (Å²) < 4.78 is 0. The largest absolute Gasteiger partial charge is 3.00 e. The molecule has 0 radical (unpaired) electrons. The number of carboxylic acids is 1. The number of carbonyl (C=O) groups is 1. The van der Waals surface area contributed by atoms with Crippen LogP contribution >= 0.6 is 0 Å². The van der Waals surface area contributed by atoms with Crippen molar-refractivity contribution in [2.24, 2.45) is 0 Å². The van der Waals surface area contributed by atoms with Gasteiger partial charge in [0.1, 0.15) is 5.69 Å². The molecule has 0 bridgehead atoms. The number of pyridine rings is 2. The molecule has 7 heteroatoms. The number of aryl methyl sites for hydroxylation is 2. The molecule has 0 saturated heterocycles. The molecular formula is C39H35IrN4O2. The van der Waals surface area contributed by atoms with Gasteiger partial charge in [-0.25, -0.2) is 9.78 Å². The number of hydrogen-bond acceptors (Lipinski definition) is 5. The van der Waals surface area contributed by atoms with Crippen LogP contribution in [0.25, 0.3) is 11.1 Å². The van der Waals surface area contributed by atoms with E-state index in [1.54, 1.807) is 12.1 Å². The second-order valence-electron chi connectivity index (χ2n) is 11.3. The summed E-state index contributed by atoms with van der Waals surface area (Å²) in [7, 11) is 0. The number of aromatic carboxylic acids is 1. The first-order valence-corrected chi connectivity index (χ1v) is 15.2. The maximum atomic E-state index is 10.1. The Bertz CT molecular complexity index is 1810. The Balaban J connectivity index is 0.000000362. The van der Waals surface area contributed by atoms with E-state index < -0.39 is 11.4 Å². The molecule has 0 amide bonds. The van der Waals surface area contributed by atoms with Crippen molar-refractivity contribution in [3.05, 3.63) is 168 Å². The Morgan fingerprint density at radius 1 is 0.935 bits per heavy atom. The van der Waals surface area contributed by atoms with E-state index in [9.17, 15) is 4.79 Å². The molecule has 3 heterocycles. The molecule has 1 atom stereocenters. The number of anilines is 1. The third kappa shape index (κ3) is 6.13. The number of benzene rings is 3. The van der Waals surface area contributed by atoms with Gasteiger partial charge in [-0.1, -0.05) is 56.2 Å². The van der Waals surface area contributed by atoms with Crippen LogP contribution in [0.1, 0.15) is 63.8 Å². The van der Waals surface area contributed by atoms with Gasteiger partial charge in [0, 0.05) is 17.8 Å². The second-order valence-corrected chi connectivity index (χ2v) is 11.3. The fourth-order valence-electron chi connectivity index (χ4n) is 6.11. The number of carboxylic acid groups (broad SMARTS) is 1. The maximum Gasteiger partial charge on any atom is 3.00 e. The third-order valence-corrected chi connectivity index (χ3v) is 8.29. The SMILES string of the molecule is CCCCN1C=CN(c2[c-]c([C@]3(c4cc(C)ccn4)c4[c-]cccc4-c4ccccc43)ccc2C)[CH-]1.O=C(O)c1ccccn1.[Ir+3]. The Hall–Kier alpha value is -4.58. The molecule has 1 aliphatic carbocycles. The van der Waals surface area contributed by atoms with E-state index in [2.05, 4.69) is 127 Å². The third-order valence-electron chi connectivity index (χ3n) is 8.29. The minimum Gasteiger partial charge on any atom is -0.508 e. The minimum absolute atomic E-state index is 0. The van der Waals surface area contributed by atoms with Gasteiger partial charge in [0.25, 0.3) is 0 Å². The molecule has 6 nitrogen and oxygen atoms in total. The zero-order valence-electron chi connectivity index (χ0n) is 26.1. The van der Waals surface area contributed by atoms with Crippen LogP contribution in [0, 0.1) is 32.6 Å². The van der Waals surface area contributed by atoms with E-state index >= 15 is 0 Å². The predicted molar refractivity (Wildman–Crippen MR) is 177 cm³/mol. The fourth-order valence-corrected chi connectivity index (χ4v) is 6.11. The Kier molecular flexibility index (Phi) is 10.2. The van der Waals surface area contributed by atoms with Crippen molar-refractivity contribution in [3.8, 4) is 11.1 Å². The van der Waals surface area contributed by atoms with Crippen molar-refractivity contribution in [2.45, 2.75) is 39.0 Å². The number of unbranched alkanes of at least 4 members (excludes halogenated alkanes) is 1. The quantitative estimate of drug-likeness (QED) is 0.166. The molecule has 0 saturated carbocycles. The Morgan fingerprint density at radius 3 is 2.48 bits per heavy atom. The zero-order chi connectivity index (χ0) is 31.4. The molecule has 7 rings (SSSR count). The van der Waals surface area contributed by atoms with Gasteiger partial charge in [-0.15, -0.1) is 27.9 Å². The van der Waals surface area contributed by atoms with Gasteiger partial charge < -0.3 is 14.9 Å². The fraction of sp³-hybridized carbons (Fsp3) is 0.179. The van der Waals surface area contributed by atoms with Gasteiger partial charge >= 0.3 is 26.1 Å². The van der Waals surface area contributed by atoms with Crippen LogP contribution in [-0.2, 0) is 25.5 Å². The van der Waals surface area contributed by atoms with Crippen LogP contribution in [0.5, 0.6) is 0 Å². The van der Waals surface area contributed by atoms with Gasteiger partial charge in [-0.3, -0.25) is 4.98 Å². The van der Waals surface area contributed by atoms with Crippen LogP contribution in [0.15, 0.2) is 110 Å². The van der Waals surface area contributed by atoms with Gasteiger partial charge in [0.2, 0.25) is 0 Å². The van der Waals surface area contributed by atoms with Crippen molar-refractivity contribution in [2.75, 3.05) is 11.4 Å². The van der Waals surface area contributed by atoms with E-state index in [1.807, 2.05) is 12.3 Å². The molecule has 2 aromatic heterocycles. The van der Waals surface area contributed by atoms with Crippen LogP contribution in [0.4, 0.5) is 5.69 Å². The summed E-state index contributed by atoms with van der Waals surface area (Å²) in [5.41, 5.74) is 9.85. The molecule has 5 aromatic rings. The average molecular weight is 784 g/mol. The predicted octanol–water partition coefficient (Wildman–Crippen LogP) is 7.95. The molecule has 232 valence electrons. The van der Waals surface area contributed by atoms with E-state index in [-0.39, 0.29) is 25.8 Å². The molecule has 1 N–H and O–H groups in total. The molecular weight excluding hydrogens is 749 g/mol. The first kappa shape index (κ1) is 32.8. The molecule has 0 unspecified atom stereocenters. The molecule has 3 aromatic carbocycles. The van der Waals surface area contributed by atoms with Crippen molar-refractivity contribution in [3.63, 3.8) is 0 Å². The van der Waals surface area contributed by atoms with Crippen molar-refractivity contribution < 1.29 is 30.0 Å². The van der Waals surface area contributed by atoms with Crippen LogP contribution in [0.2, 0.25) is 0 Å². The summed E-state index contributed by atoms with van der Waals surface area (Å²) in [5, 5.41) is 8.32. The minimum atomic E-state index is -0.990. The topological polar surface area (TPSA) is 69.6 Å². The summed E-state index contributed by atoms with van der Waals surface area (Å²) in [5.74, 6) is -0.990. The molecule has 1 aliphatic heterocycles. The van der Waals surface area contributed by atoms with E-state index in [1.165, 1.54) is 52.9 Å². The van der Waals surface area contributed by atoms with Gasteiger partial charge in [-0.05, 0) is 67.7 Å². The maximum absolute atomic E-state index is 10.1. The van der Waals surface area contributed by atoms with Crippen molar-refractivity contribution in [1.82, 2.24) is 14.9 Å². The monoisotopic (exact) mass is 784 g/mol. The standard InChI is InChI=1S/C33H30N3.C6H5NO2.Ir/c1-4-5-18-35-19-20-36(23-35)31-22-26(15-14-25(31)3)33(32-21-24(2)16-17-34-32)29-12-8-6-10-27(29)28-11-7-9-13-30(28)33;8-6(9)5-3-1-2-4-7-5;/h6-12,14-17,19-21,23H,4-5,18H2,1-3H3;1-4H,(H,8,9);/q-3;;+3/t33-;;/m1../s1. The molecule has 0 fully saturated rings. The zero-order valence-corrected chi connectivity index (χ0v) is 28.5. The van der Waals surface area contributed by atoms with E-state index in [4.69, 9.17) is 10.1 Å². The normalized spacial score (nSPS) is 15.8. The average Bonchev–Trinajstić information content (AvgIpc) is 3.66. The smallest absolute Gasteiger partial charge is 0.508 e. The number of fused-ring (bicyclic) bond motifs is 3. The van der Waals surface area contributed by atoms with E-state index in [0.29, 0.717) is 0 Å². The van der Waals surface area contributed by atoms with Crippen molar-refractivity contribution >= 4 is 11.7 Å². The first-order valence-electron chi connectivity index (χ1n) is 15.2. The Labute approximate surface area is 284 Å². The summed E-state index contributed by atoms with van der Waals surface area (Å²) in [4.78, 5) is 23.2. The van der Waals surface area contributed by atoms with Crippen LogP contribution < -0.4 is 4.90 Å². The number of nitrogens with zero attached hydrogens (tertiary/aromatic N) is 4. The number of rotatable bonds is 7. The van der Waals surface area contributed by atoms with Gasteiger partial charge in [-0.2, -0.15) is 49.1 Å². The summed E-state index contributed by atoms with van der Waals surface area (Å²) in [6.45, 7) is 9.72. The molecule has 0 spiro atoms. The number of aromatic nitrogens is 2. The Morgan fingerprint density at radius 2 is 1.74 bits per heavy atom. The van der Waals surface area contributed by atoms with Crippen LogP contribution in [-0.4, -0.2) is 32.5 Å². The summed E-state index contributed by atoms with van der Waals surface area (Å²) in [6.07, 6.45) is 10.0. The summed E-state index contributed by atoms with van der Waals surface area (Å²) >= 11 is 0. The van der Waals surface area contributed by atoms with Crippen molar-refractivity contribution in [1.29, 1.82) is 0 Å².